The highest BCUT2D eigenvalue weighted by Gasteiger charge is 2.51. The van der Waals surface area contributed by atoms with Crippen LogP contribution in [0.1, 0.15) is 49.8 Å². The maximum Gasteiger partial charge on any atom is 0.339 e. The first-order valence-corrected chi connectivity index (χ1v) is 14.4. The number of benzene rings is 2. The zero-order valence-electron chi connectivity index (χ0n) is 19.7. The van der Waals surface area contributed by atoms with Crippen LogP contribution in [0.5, 0.6) is 0 Å². The Hall–Kier alpha value is -2.22. The Labute approximate surface area is 228 Å². The Bertz CT molecular complexity index is 1250. The molecule has 4 aliphatic rings. The molecule has 1 heterocycles. The van der Waals surface area contributed by atoms with Crippen molar-refractivity contribution in [3.05, 3.63) is 75.4 Å². The van der Waals surface area contributed by atoms with E-state index in [4.69, 9.17) is 16.0 Å². The van der Waals surface area contributed by atoms with Crippen molar-refractivity contribution in [3.63, 3.8) is 0 Å². The minimum absolute atomic E-state index is 0.363. The van der Waals surface area contributed by atoms with E-state index in [9.17, 15) is 4.79 Å². The average Bonchev–Trinajstić information content (AvgIpc) is 3.19. The van der Waals surface area contributed by atoms with Crippen LogP contribution in [-0.4, -0.2) is 12.2 Å². The van der Waals surface area contributed by atoms with Crippen LogP contribution in [0.25, 0.3) is 0 Å². The van der Waals surface area contributed by atoms with E-state index in [1.165, 1.54) is 62.1 Å². The van der Waals surface area contributed by atoms with Crippen molar-refractivity contribution in [2.45, 2.75) is 53.9 Å². The molecule has 2 aromatic carbocycles. The summed E-state index contributed by atoms with van der Waals surface area (Å²) in [5.41, 5.74) is 5.08. The predicted molar refractivity (Wildman–Crippen MR) is 148 cm³/mol. The van der Waals surface area contributed by atoms with E-state index in [2.05, 4.69) is 43.9 Å². The first kappa shape index (κ1) is 24.1. The monoisotopic (exact) mass is 583 g/mol. The van der Waals surface area contributed by atoms with Crippen molar-refractivity contribution < 1.29 is 9.21 Å². The number of anilines is 1. The van der Waals surface area contributed by atoms with Gasteiger partial charge in [-0.15, -0.1) is 0 Å². The number of hydrogen-bond acceptors (Lipinski definition) is 4. The molecule has 2 amide bonds. The van der Waals surface area contributed by atoms with Gasteiger partial charge in [0.1, 0.15) is 5.76 Å². The number of hydrazone groups is 1. The lowest BCUT2D eigenvalue weighted by molar-refractivity contribution is -0.00518. The average molecular weight is 585 g/mol. The van der Waals surface area contributed by atoms with Crippen LogP contribution >= 0.6 is 39.3 Å². The minimum Gasteiger partial charge on any atom is -0.447 e. The van der Waals surface area contributed by atoms with E-state index >= 15 is 0 Å². The summed E-state index contributed by atoms with van der Waals surface area (Å²) in [5.74, 6) is 3.28. The van der Waals surface area contributed by atoms with Crippen LogP contribution in [0.15, 0.2) is 78.6 Å². The van der Waals surface area contributed by atoms with Crippen molar-refractivity contribution in [2.24, 2.45) is 22.9 Å². The van der Waals surface area contributed by atoms with Crippen LogP contribution in [0, 0.1) is 17.8 Å². The molecular weight excluding hydrogens is 558 g/mol. The molecule has 4 aliphatic carbocycles. The predicted octanol–water partition coefficient (Wildman–Crippen LogP) is 8.47. The third-order valence-corrected chi connectivity index (χ3v) is 9.95. The molecule has 4 fully saturated rings. The zero-order chi connectivity index (χ0) is 24.7. The highest BCUT2D eigenvalue weighted by Crippen LogP contribution is 2.60. The lowest BCUT2D eigenvalue weighted by Gasteiger charge is -2.57. The molecule has 0 atom stereocenters. The van der Waals surface area contributed by atoms with Gasteiger partial charge >= 0.3 is 6.03 Å². The highest BCUT2D eigenvalue weighted by atomic mass is 79.9. The lowest BCUT2D eigenvalue weighted by Crippen LogP contribution is -2.48. The third-order valence-electron chi connectivity index (χ3n) is 7.85. The number of nitrogens with zero attached hydrogens (tertiary/aromatic N) is 1. The fourth-order valence-corrected chi connectivity index (χ4v) is 8.25. The third kappa shape index (κ3) is 5.11. The van der Waals surface area contributed by atoms with Gasteiger partial charge in [-0.25, -0.2) is 10.2 Å². The number of rotatable bonds is 6. The van der Waals surface area contributed by atoms with Crippen molar-refractivity contribution in [1.82, 2.24) is 5.43 Å². The Balaban J connectivity index is 1.03. The molecule has 0 saturated heterocycles. The lowest BCUT2D eigenvalue weighted by atomic mass is 9.48. The number of urea groups is 1. The van der Waals surface area contributed by atoms with E-state index in [-0.39, 0.29) is 0 Å². The Kier molecular flexibility index (Phi) is 6.65. The van der Waals surface area contributed by atoms with Gasteiger partial charge in [0, 0.05) is 21.7 Å². The molecule has 5 nitrogen and oxygen atoms in total. The summed E-state index contributed by atoms with van der Waals surface area (Å²) in [6.45, 7) is 0. The molecule has 8 heteroatoms. The summed E-state index contributed by atoms with van der Waals surface area (Å²) in [4.78, 5) is 13.4. The van der Waals surface area contributed by atoms with Gasteiger partial charge in [-0.1, -0.05) is 35.5 Å². The minimum atomic E-state index is -0.393. The van der Waals surface area contributed by atoms with Crippen LogP contribution in [0.4, 0.5) is 10.5 Å². The molecule has 0 spiro atoms. The second-order valence-corrected chi connectivity index (χ2v) is 12.8. The first-order chi connectivity index (χ1) is 17.4. The molecule has 4 saturated carbocycles. The molecule has 7 rings (SSSR count). The van der Waals surface area contributed by atoms with Gasteiger partial charge < -0.3 is 9.73 Å². The molecule has 0 radical (unpaired) electrons. The Morgan fingerprint density at radius 2 is 1.67 bits per heavy atom. The fourth-order valence-electron chi connectivity index (χ4n) is 6.80. The van der Waals surface area contributed by atoms with Crippen LogP contribution in [0.2, 0.25) is 5.02 Å². The van der Waals surface area contributed by atoms with E-state index in [0.29, 0.717) is 21.3 Å². The van der Waals surface area contributed by atoms with Crippen molar-refractivity contribution >= 4 is 57.2 Å². The number of carbonyl (C=O) groups excluding carboxylic acids is 1. The fraction of sp³-hybridized carbons (Fsp3) is 0.357. The number of amides is 2. The molecule has 0 unspecified atom stereocenters. The van der Waals surface area contributed by atoms with Crippen LogP contribution < -0.4 is 10.7 Å². The number of halogens is 2. The normalized spacial score (nSPS) is 26.4. The summed E-state index contributed by atoms with van der Waals surface area (Å²) in [5, 5.41) is 8.28. The summed E-state index contributed by atoms with van der Waals surface area (Å²) in [6.07, 6.45) is 9.81. The van der Waals surface area contributed by atoms with Crippen LogP contribution in [-0.2, 0) is 5.41 Å². The maximum atomic E-state index is 12.4. The Morgan fingerprint density at radius 1 is 1.03 bits per heavy atom. The van der Waals surface area contributed by atoms with Gasteiger partial charge in [0.2, 0.25) is 0 Å². The van der Waals surface area contributed by atoms with Gasteiger partial charge in [-0.3, -0.25) is 0 Å². The van der Waals surface area contributed by atoms with E-state index in [1.807, 2.05) is 42.5 Å². The van der Waals surface area contributed by atoms with E-state index in [1.54, 1.807) is 0 Å². The maximum absolute atomic E-state index is 12.4. The van der Waals surface area contributed by atoms with E-state index in [0.717, 1.165) is 32.8 Å². The molecule has 0 aliphatic heterocycles. The SMILES string of the molecule is O=C(N/N=C/c1cc(Br)c(Sc2ccc(Cl)cc2)o1)Nc1ccc(C23CC4CC(CC(C4)C2)C3)cc1. The molecular formula is C28H27BrClN3O2S. The highest BCUT2D eigenvalue weighted by molar-refractivity contribution is 9.10. The molecule has 3 aromatic rings. The van der Waals surface area contributed by atoms with Gasteiger partial charge in [-0.05, 0) is 120 Å². The smallest absolute Gasteiger partial charge is 0.339 e. The summed E-state index contributed by atoms with van der Waals surface area (Å²) in [6, 6.07) is 17.4. The van der Waals surface area contributed by atoms with Crippen LogP contribution in [0.3, 0.4) is 0 Å². The number of nitrogens with one attached hydrogen (secondary N) is 2. The van der Waals surface area contributed by atoms with Gasteiger partial charge in [0.25, 0.3) is 0 Å². The Morgan fingerprint density at radius 3 is 2.31 bits per heavy atom. The van der Waals surface area contributed by atoms with Crippen molar-refractivity contribution in [1.29, 1.82) is 0 Å². The summed E-state index contributed by atoms with van der Waals surface area (Å²) >= 11 is 10.9. The largest absolute Gasteiger partial charge is 0.447 e. The standard InChI is InChI=1S/C28H27BrClN3O2S/c29-25-12-23(35-26(25)36-24-7-3-21(30)4-8-24)16-31-33-27(34)32-22-5-1-20(2-6-22)28-13-17-9-18(14-28)11-19(10-17)15-28/h1-8,12,16-19H,9-11,13-15H2,(H2,32,33,34)/b31-16+. The molecule has 1 aromatic heterocycles. The summed E-state index contributed by atoms with van der Waals surface area (Å²) in [7, 11) is 0. The molecule has 36 heavy (non-hydrogen) atoms. The van der Waals surface area contributed by atoms with Crippen molar-refractivity contribution in [3.8, 4) is 0 Å². The quantitative estimate of drug-likeness (QED) is 0.226. The van der Waals surface area contributed by atoms with Gasteiger partial charge in [-0.2, -0.15) is 5.10 Å². The number of hydrogen-bond donors (Lipinski definition) is 2. The zero-order valence-corrected chi connectivity index (χ0v) is 22.8. The molecule has 4 bridgehead atoms. The number of furan rings is 1. The van der Waals surface area contributed by atoms with Gasteiger partial charge in [0.15, 0.2) is 5.09 Å². The van der Waals surface area contributed by atoms with Gasteiger partial charge in [0.05, 0.1) is 10.7 Å². The van der Waals surface area contributed by atoms with Crippen molar-refractivity contribution in [2.75, 3.05) is 5.32 Å². The first-order valence-electron chi connectivity index (χ1n) is 12.4. The second kappa shape index (κ2) is 9.92. The number of carbonyl (C=O) groups is 1. The topological polar surface area (TPSA) is 66.6 Å². The van der Waals surface area contributed by atoms with E-state index < -0.39 is 6.03 Å². The second-order valence-electron chi connectivity index (χ2n) is 10.4. The molecule has 186 valence electrons. The molecule has 2 N–H and O–H groups in total. The summed E-state index contributed by atoms with van der Waals surface area (Å²) < 4.78 is 6.64.